The van der Waals surface area contributed by atoms with Crippen LogP contribution in [0.3, 0.4) is 0 Å². The standard InChI is InChI=1S/C35H31BrClN3O5/c1-5-43-29-13-11-22(18-30(29)44-6-2)35(42)45-28-14-12-24(36)17-23(28)19-38-40-34(41)33-31(25-9-7-8-10-27(25)37)26-16-20(3)15-21(4)32(26)39-33/h7-19,39H,5-6H2,1-4H3,(H,40,41). The zero-order valence-corrected chi connectivity index (χ0v) is 27.5. The SMILES string of the molecule is CCOc1ccc(C(=O)Oc2ccc(Br)cc2C=NNC(=O)c2[nH]c3c(C)cc(C)cc3c2-c2ccccc2Cl)cc1OCC. The number of H-pyrrole nitrogens is 1. The molecule has 0 fully saturated rings. The van der Waals surface area contributed by atoms with E-state index in [-0.39, 0.29) is 11.3 Å². The predicted octanol–water partition coefficient (Wildman–Crippen LogP) is 8.65. The third kappa shape index (κ3) is 7.05. The highest BCUT2D eigenvalue weighted by atomic mass is 79.9. The number of carbonyl (C=O) groups excluding carboxylic acids is 2. The summed E-state index contributed by atoms with van der Waals surface area (Å²) >= 11 is 10.0. The number of nitrogens with zero attached hydrogens (tertiary/aromatic N) is 1. The second-order valence-corrected chi connectivity index (χ2v) is 11.5. The highest BCUT2D eigenvalue weighted by Gasteiger charge is 2.22. The van der Waals surface area contributed by atoms with Crippen LogP contribution in [0, 0.1) is 13.8 Å². The quantitative estimate of drug-likeness (QED) is 0.0662. The third-order valence-corrected chi connectivity index (χ3v) is 7.77. The van der Waals surface area contributed by atoms with Crippen molar-refractivity contribution in [1.29, 1.82) is 0 Å². The number of halogens is 2. The van der Waals surface area contributed by atoms with Crippen LogP contribution in [-0.2, 0) is 0 Å². The van der Waals surface area contributed by atoms with Crippen molar-refractivity contribution in [3.05, 3.63) is 110 Å². The van der Waals surface area contributed by atoms with E-state index < -0.39 is 11.9 Å². The Bertz CT molecular complexity index is 1930. The Morgan fingerprint density at radius 2 is 1.67 bits per heavy atom. The summed E-state index contributed by atoms with van der Waals surface area (Å²) in [5.41, 5.74) is 8.01. The first-order valence-corrected chi connectivity index (χ1v) is 15.5. The number of benzene rings is 4. The van der Waals surface area contributed by atoms with E-state index in [1.54, 1.807) is 42.5 Å². The van der Waals surface area contributed by atoms with Crippen LogP contribution in [0.4, 0.5) is 0 Å². The molecule has 230 valence electrons. The molecule has 5 rings (SSSR count). The lowest BCUT2D eigenvalue weighted by Gasteiger charge is -2.13. The van der Waals surface area contributed by atoms with Gasteiger partial charge in [0.1, 0.15) is 11.4 Å². The Morgan fingerprint density at radius 1 is 0.933 bits per heavy atom. The van der Waals surface area contributed by atoms with E-state index in [0.717, 1.165) is 32.1 Å². The second kappa shape index (κ2) is 14.0. The minimum absolute atomic E-state index is 0.251. The van der Waals surface area contributed by atoms with Gasteiger partial charge in [0.25, 0.3) is 5.91 Å². The maximum Gasteiger partial charge on any atom is 0.343 e. The topological polar surface area (TPSA) is 102 Å². The third-order valence-electron chi connectivity index (χ3n) is 6.94. The maximum atomic E-state index is 13.6. The summed E-state index contributed by atoms with van der Waals surface area (Å²) in [6.45, 7) is 8.60. The highest BCUT2D eigenvalue weighted by Crippen LogP contribution is 2.38. The monoisotopic (exact) mass is 687 g/mol. The zero-order valence-electron chi connectivity index (χ0n) is 25.2. The van der Waals surface area contributed by atoms with Gasteiger partial charge in [-0.15, -0.1) is 0 Å². The fourth-order valence-corrected chi connectivity index (χ4v) is 5.64. The first-order chi connectivity index (χ1) is 21.7. The lowest BCUT2D eigenvalue weighted by molar-refractivity contribution is 0.0733. The van der Waals surface area contributed by atoms with Crippen LogP contribution in [0.2, 0.25) is 5.02 Å². The molecule has 0 atom stereocenters. The van der Waals surface area contributed by atoms with E-state index in [1.165, 1.54) is 6.21 Å². The first-order valence-electron chi connectivity index (χ1n) is 14.3. The minimum atomic E-state index is -0.590. The molecule has 4 aromatic carbocycles. The van der Waals surface area contributed by atoms with Crippen molar-refractivity contribution in [2.24, 2.45) is 5.10 Å². The number of aryl methyl sites for hydroxylation is 2. The largest absolute Gasteiger partial charge is 0.490 e. The average Bonchev–Trinajstić information content (AvgIpc) is 3.39. The number of nitrogens with one attached hydrogen (secondary N) is 2. The van der Waals surface area contributed by atoms with E-state index in [2.05, 4.69) is 37.5 Å². The van der Waals surface area contributed by atoms with Crippen molar-refractivity contribution in [1.82, 2.24) is 10.4 Å². The molecule has 0 aliphatic rings. The Morgan fingerprint density at radius 3 is 2.42 bits per heavy atom. The Labute approximate surface area is 274 Å². The lowest BCUT2D eigenvalue weighted by atomic mass is 9.99. The zero-order chi connectivity index (χ0) is 32.1. The van der Waals surface area contributed by atoms with E-state index in [4.69, 9.17) is 25.8 Å². The van der Waals surface area contributed by atoms with Crippen molar-refractivity contribution in [3.8, 4) is 28.4 Å². The molecule has 0 saturated carbocycles. The number of aromatic amines is 1. The Kier molecular flexibility index (Phi) is 9.90. The van der Waals surface area contributed by atoms with Crippen molar-refractivity contribution in [2.75, 3.05) is 13.2 Å². The van der Waals surface area contributed by atoms with Crippen molar-refractivity contribution in [3.63, 3.8) is 0 Å². The van der Waals surface area contributed by atoms with E-state index >= 15 is 0 Å². The number of aromatic nitrogens is 1. The average molecular weight is 689 g/mol. The van der Waals surface area contributed by atoms with Crippen LogP contribution in [0.1, 0.15) is 51.4 Å². The summed E-state index contributed by atoms with van der Waals surface area (Å²) in [5.74, 6) is 0.198. The number of hydrogen-bond acceptors (Lipinski definition) is 6. The number of amides is 1. The van der Waals surface area contributed by atoms with Gasteiger partial charge in [-0.1, -0.05) is 57.4 Å². The summed E-state index contributed by atoms with van der Waals surface area (Å²) in [7, 11) is 0. The number of carbonyl (C=O) groups is 2. The van der Waals surface area contributed by atoms with Gasteiger partial charge in [0, 0.05) is 37.1 Å². The summed E-state index contributed by atoms with van der Waals surface area (Å²) in [4.78, 5) is 30.0. The van der Waals surface area contributed by atoms with Crippen LogP contribution in [-0.4, -0.2) is 36.3 Å². The number of hydrogen-bond donors (Lipinski definition) is 2. The van der Waals surface area contributed by atoms with Gasteiger partial charge < -0.3 is 19.2 Å². The minimum Gasteiger partial charge on any atom is -0.490 e. The Balaban J connectivity index is 1.42. The molecule has 45 heavy (non-hydrogen) atoms. The molecule has 0 unspecified atom stereocenters. The molecule has 1 aromatic heterocycles. The van der Waals surface area contributed by atoms with Crippen LogP contribution in [0.15, 0.2) is 82.4 Å². The van der Waals surface area contributed by atoms with Crippen LogP contribution in [0.5, 0.6) is 17.2 Å². The fraction of sp³-hybridized carbons (Fsp3) is 0.171. The molecule has 5 aromatic rings. The number of rotatable bonds is 10. The molecule has 0 spiro atoms. The molecule has 8 nitrogen and oxygen atoms in total. The van der Waals surface area contributed by atoms with Crippen LogP contribution < -0.4 is 19.6 Å². The summed E-state index contributed by atoms with van der Waals surface area (Å²) in [6.07, 6.45) is 1.42. The highest BCUT2D eigenvalue weighted by molar-refractivity contribution is 9.10. The van der Waals surface area contributed by atoms with Crippen LogP contribution in [0.25, 0.3) is 22.0 Å². The van der Waals surface area contributed by atoms with Gasteiger partial charge in [0.15, 0.2) is 11.5 Å². The van der Waals surface area contributed by atoms with E-state index in [9.17, 15) is 9.59 Å². The maximum absolute atomic E-state index is 13.6. The number of hydrazone groups is 1. The molecule has 0 aliphatic carbocycles. The fourth-order valence-electron chi connectivity index (χ4n) is 5.03. The molecule has 0 saturated heterocycles. The molecule has 1 amide bonds. The van der Waals surface area contributed by atoms with Gasteiger partial charge >= 0.3 is 5.97 Å². The molecular weight excluding hydrogens is 658 g/mol. The van der Waals surface area contributed by atoms with Gasteiger partial charge in [-0.25, -0.2) is 10.2 Å². The van der Waals surface area contributed by atoms with Crippen molar-refractivity contribution < 1.29 is 23.8 Å². The van der Waals surface area contributed by atoms with Gasteiger partial charge in [0.05, 0.1) is 25.0 Å². The number of ether oxygens (including phenoxy) is 3. The smallest absolute Gasteiger partial charge is 0.343 e. The van der Waals surface area contributed by atoms with Crippen molar-refractivity contribution in [2.45, 2.75) is 27.7 Å². The molecule has 0 radical (unpaired) electrons. The van der Waals surface area contributed by atoms with Gasteiger partial charge in [-0.05, 0) is 81.8 Å². The molecular formula is C35H31BrClN3O5. The molecule has 0 aliphatic heterocycles. The van der Waals surface area contributed by atoms with E-state index in [0.29, 0.717) is 46.6 Å². The number of esters is 1. The van der Waals surface area contributed by atoms with Crippen molar-refractivity contribution >= 4 is 56.5 Å². The van der Waals surface area contributed by atoms with Gasteiger partial charge in [-0.3, -0.25) is 4.79 Å². The summed E-state index contributed by atoms with van der Waals surface area (Å²) in [6, 6.07) is 21.5. The number of fused-ring (bicyclic) bond motifs is 1. The van der Waals surface area contributed by atoms with Gasteiger partial charge in [-0.2, -0.15) is 5.10 Å². The lowest BCUT2D eigenvalue weighted by Crippen LogP contribution is -2.19. The first kappa shape index (κ1) is 31.8. The summed E-state index contributed by atoms with van der Waals surface area (Å²) in [5, 5.41) is 5.62. The Hall–Kier alpha value is -4.60. The normalized spacial score (nSPS) is 11.2. The molecule has 10 heteroatoms. The van der Waals surface area contributed by atoms with E-state index in [1.807, 2.05) is 52.0 Å². The molecule has 0 bridgehead atoms. The molecule has 1 heterocycles. The van der Waals surface area contributed by atoms with Crippen LogP contribution >= 0.6 is 27.5 Å². The second-order valence-electron chi connectivity index (χ2n) is 10.2. The summed E-state index contributed by atoms with van der Waals surface area (Å²) < 4.78 is 17.7. The van der Waals surface area contributed by atoms with Gasteiger partial charge in [0.2, 0.25) is 0 Å². The predicted molar refractivity (Wildman–Crippen MR) is 181 cm³/mol. The molecule has 2 N–H and O–H groups in total.